The van der Waals surface area contributed by atoms with Crippen LogP contribution >= 0.6 is 0 Å². The molecule has 6 nitrogen and oxygen atoms in total. The molecule has 27 heavy (non-hydrogen) atoms. The van der Waals surface area contributed by atoms with E-state index in [0.29, 0.717) is 59.5 Å². The second-order valence-electron chi connectivity index (χ2n) is 6.02. The molecule has 0 aromatic heterocycles. The van der Waals surface area contributed by atoms with Crippen LogP contribution in [0.1, 0.15) is 29.3 Å². The first-order chi connectivity index (χ1) is 13.1. The van der Waals surface area contributed by atoms with Gasteiger partial charge in [0, 0.05) is 16.7 Å². The molecule has 0 unspecified atom stereocenters. The highest BCUT2D eigenvalue weighted by Crippen LogP contribution is 2.42. The lowest BCUT2D eigenvalue weighted by Crippen LogP contribution is -2.16. The molecule has 0 spiro atoms. The third kappa shape index (κ3) is 3.69. The minimum Gasteiger partial charge on any atom is -0.495 e. The Balaban J connectivity index is 1.99. The zero-order chi connectivity index (χ0) is 19.4. The van der Waals surface area contributed by atoms with Gasteiger partial charge in [0.25, 0.3) is 0 Å². The number of carbonyl (C=O) groups excluding carboxylic acids is 1. The summed E-state index contributed by atoms with van der Waals surface area (Å²) in [4.78, 5) is 13.0. The van der Waals surface area contributed by atoms with E-state index >= 15 is 0 Å². The van der Waals surface area contributed by atoms with Crippen molar-refractivity contribution >= 4 is 17.5 Å². The number of ether oxygens (including phenoxy) is 4. The molecule has 6 heteroatoms. The Kier molecular flexibility index (Phi) is 5.54. The van der Waals surface area contributed by atoms with Crippen molar-refractivity contribution < 1.29 is 23.7 Å². The van der Waals surface area contributed by atoms with Gasteiger partial charge in [0.2, 0.25) is 5.75 Å². The standard InChI is InChI=1S/C21H23NO5/c1-4-13(19(23)14-5-7-17(24-2)16(22)12-14)11-15-6-8-18-21(20(15)25-3)27-10-9-26-18/h5-8,11-12H,4,9-10,22H2,1-3H3/b13-11+. The third-order valence-electron chi connectivity index (χ3n) is 4.39. The SMILES string of the molecule is CC/C(=C\c1ccc2c(c1OC)OCCO2)C(=O)c1ccc(OC)c(N)c1. The largest absolute Gasteiger partial charge is 0.495 e. The van der Waals surface area contributed by atoms with E-state index < -0.39 is 0 Å². The summed E-state index contributed by atoms with van der Waals surface area (Å²) >= 11 is 0. The number of nitrogens with two attached hydrogens (primary N) is 1. The number of fused-ring (bicyclic) bond motifs is 1. The number of benzene rings is 2. The van der Waals surface area contributed by atoms with Crippen molar-refractivity contribution in [1.29, 1.82) is 0 Å². The molecule has 142 valence electrons. The maximum atomic E-state index is 13.0. The molecule has 2 aromatic rings. The lowest BCUT2D eigenvalue weighted by molar-refractivity contribution is 0.103. The lowest BCUT2D eigenvalue weighted by atomic mass is 9.98. The Morgan fingerprint density at radius 1 is 1.15 bits per heavy atom. The van der Waals surface area contributed by atoms with Crippen molar-refractivity contribution in [2.24, 2.45) is 0 Å². The molecule has 0 saturated heterocycles. The zero-order valence-corrected chi connectivity index (χ0v) is 15.7. The van der Waals surface area contributed by atoms with Crippen LogP contribution in [0.3, 0.4) is 0 Å². The fourth-order valence-electron chi connectivity index (χ4n) is 3.01. The van der Waals surface area contributed by atoms with Gasteiger partial charge in [-0.05, 0) is 42.8 Å². The number of methoxy groups -OCH3 is 2. The number of carbonyl (C=O) groups is 1. The average molecular weight is 369 g/mol. The normalized spacial score (nSPS) is 13.2. The Labute approximate surface area is 158 Å². The number of allylic oxidation sites excluding steroid dienone is 1. The van der Waals surface area contributed by atoms with Crippen LogP contribution < -0.4 is 24.7 Å². The molecule has 0 saturated carbocycles. The van der Waals surface area contributed by atoms with Gasteiger partial charge in [-0.2, -0.15) is 0 Å². The third-order valence-corrected chi connectivity index (χ3v) is 4.39. The zero-order valence-electron chi connectivity index (χ0n) is 15.7. The van der Waals surface area contributed by atoms with E-state index in [4.69, 9.17) is 24.7 Å². The van der Waals surface area contributed by atoms with E-state index in [9.17, 15) is 4.79 Å². The predicted molar refractivity (Wildman–Crippen MR) is 104 cm³/mol. The van der Waals surface area contributed by atoms with Crippen LogP contribution in [0.4, 0.5) is 5.69 Å². The van der Waals surface area contributed by atoms with Crippen molar-refractivity contribution in [3.8, 4) is 23.0 Å². The smallest absolute Gasteiger partial charge is 0.204 e. The molecular formula is C21H23NO5. The molecule has 2 N–H and O–H groups in total. The summed E-state index contributed by atoms with van der Waals surface area (Å²) in [6.07, 6.45) is 2.38. The molecule has 0 atom stereocenters. The molecule has 1 aliphatic heterocycles. The fourth-order valence-corrected chi connectivity index (χ4v) is 3.01. The van der Waals surface area contributed by atoms with Crippen LogP contribution in [0.5, 0.6) is 23.0 Å². The van der Waals surface area contributed by atoms with Crippen molar-refractivity contribution in [1.82, 2.24) is 0 Å². The van der Waals surface area contributed by atoms with Gasteiger partial charge in [-0.15, -0.1) is 0 Å². The second-order valence-corrected chi connectivity index (χ2v) is 6.02. The molecular weight excluding hydrogens is 346 g/mol. The summed E-state index contributed by atoms with van der Waals surface area (Å²) in [5, 5.41) is 0. The number of hydrogen-bond donors (Lipinski definition) is 1. The van der Waals surface area contributed by atoms with E-state index in [-0.39, 0.29) is 5.78 Å². The van der Waals surface area contributed by atoms with Gasteiger partial charge in [-0.1, -0.05) is 6.92 Å². The highest BCUT2D eigenvalue weighted by Gasteiger charge is 2.21. The van der Waals surface area contributed by atoms with Gasteiger partial charge >= 0.3 is 0 Å². The molecule has 3 rings (SSSR count). The molecule has 0 amide bonds. The Bertz CT molecular complexity index is 888. The summed E-state index contributed by atoms with van der Waals surface area (Å²) in [6, 6.07) is 8.72. The lowest BCUT2D eigenvalue weighted by Gasteiger charge is -2.21. The average Bonchev–Trinajstić information content (AvgIpc) is 2.71. The Morgan fingerprint density at radius 3 is 2.59 bits per heavy atom. The van der Waals surface area contributed by atoms with Crippen LogP contribution in [0.25, 0.3) is 6.08 Å². The number of ketones is 1. The highest BCUT2D eigenvalue weighted by atomic mass is 16.6. The number of anilines is 1. The van der Waals surface area contributed by atoms with E-state index in [0.717, 1.165) is 5.56 Å². The number of hydrogen-bond acceptors (Lipinski definition) is 6. The van der Waals surface area contributed by atoms with Gasteiger partial charge in [0.05, 0.1) is 19.9 Å². The Hall–Kier alpha value is -3.15. The van der Waals surface area contributed by atoms with Crippen LogP contribution in [-0.4, -0.2) is 33.2 Å². The van der Waals surface area contributed by atoms with E-state index in [1.54, 1.807) is 32.4 Å². The molecule has 0 aliphatic carbocycles. The van der Waals surface area contributed by atoms with E-state index in [2.05, 4.69) is 0 Å². The molecule has 0 fully saturated rings. The first-order valence-corrected chi connectivity index (χ1v) is 8.74. The number of nitrogen functional groups attached to an aromatic ring is 1. The fraction of sp³-hybridized carbons (Fsp3) is 0.286. The molecule has 1 heterocycles. The van der Waals surface area contributed by atoms with Crippen LogP contribution in [-0.2, 0) is 0 Å². The Morgan fingerprint density at radius 2 is 1.93 bits per heavy atom. The summed E-state index contributed by atoms with van der Waals surface area (Å²) in [5.74, 6) is 2.21. The molecule has 0 bridgehead atoms. The van der Waals surface area contributed by atoms with Gasteiger partial charge < -0.3 is 24.7 Å². The van der Waals surface area contributed by atoms with Gasteiger partial charge in [0.15, 0.2) is 17.3 Å². The number of rotatable bonds is 6. The summed E-state index contributed by atoms with van der Waals surface area (Å²) in [6.45, 7) is 2.89. The van der Waals surface area contributed by atoms with Gasteiger partial charge in [-0.25, -0.2) is 0 Å². The van der Waals surface area contributed by atoms with Crippen LogP contribution in [0.2, 0.25) is 0 Å². The summed E-state index contributed by atoms with van der Waals surface area (Å²) < 4.78 is 22.0. The molecule has 2 aromatic carbocycles. The van der Waals surface area contributed by atoms with E-state index in [1.165, 1.54) is 0 Å². The van der Waals surface area contributed by atoms with Crippen LogP contribution in [0, 0.1) is 0 Å². The monoisotopic (exact) mass is 369 g/mol. The topological polar surface area (TPSA) is 80.0 Å². The maximum absolute atomic E-state index is 13.0. The van der Waals surface area contributed by atoms with E-state index in [1.807, 2.05) is 25.1 Å². The van der Waals surface area contributed by atoms with Crippen LogP contribution in [0.15, 0.2) is 35.9 Å². The number of Topliss-reactive ketones (excluding diaryl/α,β-unsaturated/α-hetero) is 1. The maximum Gasteiger partial charge on any atom is 0.204 e. The first kappa shape index (κ1) is 18.6. The summed E-state index contributed by atoms with van der Waals surface area (Å²) in [7, 11) is 3.11. The molecule has 1 aliphatic rings. The molecule has 0 radical (unpaired) electrons. The first-order valence-electron chi connectivity index (χ1n) is 8.74. The quantitative estimate of drug-likeness (QED) is 0.475. The second kappa shape index (κ2) is 8.03. The minimum atomic E-state index is -0.0937. The van der Waals surface area contributed by atoms with Gasteiger partial charge in [-0.3, -0.25) is 4.79 Å². The predicted octanol–water partition coefficient (Wildman–Crippen LogP) is 3.73. The van der Waals surface area contributed by atoms with Gasteiger partial charge in [0.1, 0.15) is 19.0 Å². The minimum absolute atomic E-state index is 0.0937. The van der Waals surface area contributed by atoms with Crippen molar-refractivity contribution in [2.75, 3.05) is 33.2 Å². The van der Waals surface area contributed by atoms with Crippen molar-refractivity contribution in [3.63, 3.8) is 0 Å². The summed E-state index contributed by atoms with van der Waals surface area (Å²) in [5.41, 5.74) is 8.27. The van der Waals surface area contributed by atoms with Crippen molar-refractivity contribution in [3.05, 3.63) is 47.0 Å². The highest BCUT2D eigenvalue weighted by molar-refractivity contribution is 6.12. The van der Waals surface area contributed by atoms with Crippen molar-refractivity contribution in [2.45, 2.75) is 13.3 Å².